The van der Waals surface area contributed by atoms with Gasteiger partial charge in [-0.05, 0) is 65.6 Å². The van der Waals surface area contributed by atoms with Gasteiger partial charge in [0.1, 0.15) is 0 Å². The van der Waals surface area contributed by atoms with Crippen molar-refractivity contribution in [1.82, 2.24) is 0 Å². The van der Waals surface area contributed by atoms with Crippen LogP contribution >= 0.6 is 0 Å². The van der Waals surface area contributed by atoms with Crippen LogP contribution in [0.4, 0.5) is 0 Å². The van der Waals surface area contributed by atoms with E-state index in [0.29, 0.717) is 0 Å². The molecule has 2 aromatic rings. The third-order valence-electron chi connectivity index (χ3n) is 6.23. The quantitative estimate of drug-likeness (QED) is 0.495. The van der Waals surface area contributed by atoms with Crippen LogP contribution in [0.3, 0.4) is 0 Å². The fourth-order valence-corrected chi connectivity index (χ4v) is 4.68. The molecule has 0 radical (unpaired) electrons. The number of allylic oxidation sites excluding steroid dienone is 6. The Morgan fingerprint density at radius 1 is 0.933 bits per heavy atom. The Balaban J connectivity index is 0.00000150. The second-order valence-electron chi connectivity index (χ2n) is 8.57. The Morgan fingerprint density at radius 3 is 2.17 bits per heavy atom. The zero-order valence-electron chi connectivity index (χ0n) is 18.2. The molecule has 0 nitrogen and oxygen atoms in total. The molecule has 0 aromatic heterocycles. The van der Waals surface area contributed by atoms with E-state index in [4.69, 9.17) is 0 Å². The van der Waals surface area contributed by atoms with Gasteiger partial charge in [0.2, 0.25) is 0 Å². The van der Waals surface area contributed by atoms with Crippen molar-refractivity contribution in [2.24, 2.45) is 0 Å². The van der Waals surface area contributed by atoms with E-state index in [1.165, 1.54) is 44.5 Å². The van der Waals surface area contributed by atoms with Gasteiger partial charge in [-0.1, -0.05) is 92.3 Å². The summed E-state index contributed by atoms with van der Waals surface area (Å²) >= 11 is 0. The summed E-state index contributed by atoms with van der Waals surface area (Å²) in [6.07, 6.45) is 8.78. The van der Waals surface area contributed by atoms with Crippen molar-refractivity contribution >= 4 is 11.1 Å². The van der Waals surface area contributed by atoms with Gasteiger partial charge in [0.15, 0.2) is 0 Å². The van der Waals surface area contributed by atoms with E-state index in [9.17, 15) is 0 Å². The third-order valence-corrected chi connectivity index (χ3v) is 6.23. The number of halogens is 2. The Kier molecular flexibility index (Phi) is 8.96. The minimum Gasteiger partial charge on any atom is -1.00 e. The van der Waals surface area contributed by atoms with Crippen molar-refractivity contribution in [3.8, 4) is 11.1 Å². The number of hydrogen-bond donors (Lipinski definition) is 0. The summed E-state index contributed by atoms with van der Waals surface area (Å²) < 4.78 is 0. The zero-order valence-corrected chi connectivity index (χ0v) is 22.2. The molecule has 0 bridgehead atoms. The van der Waals surface area contributed by atoms with Gasteiger partial charge in [0, 0.05) is 5.41 Å². The first-order chi connectivity index (χ1) is 12.8. The van der Waals surface area contributed by atoms with Gasteiger partial charge in [0.05, 0.1) is 0 Å². The Bertz CT molecular complexity index is 1050. The fourth-order valence-electron chi connectivity index (χ4n) is 4.68. The normalized spacial score (nSPS) is 13.3. The first-order valence-corrected chi connectivity index (χ1v) is 9.78. The van der Waals surface area contributed by atoms with Gasteiger partial charge in [-0.2, -0.15) is 0 Å². The molecule has 2 aliphatic carbocycles. The van der Waals surface area contributed by atoms with Crippen molar-refractivity contribution in [2.45, 2.75) is 46.0 Å². The topological polar surface area (TPSA) is 0 Å². The third kappa shape index (κ3) is 4.41. The van der Waals surface area contributed by atoms with Crippen LogP contribution in [-0.4, -0.2) is 0 Å². The number of benzene rings is 2. The average molecular weight is 515 g/mol. The fraction of sp³-hybridized carbons (Fsp3) is 0.259. The van der Waals surface area contributed by atoms with Gasteiger partial charge in [-0.15, -0.1) is 0 Å². The van der Waals surface area contributed by atoms with E-state index in [1.807, 2.05) is 0 Å². The standard InChI is InChI=1S/C27H28.2ClH.Zr/c1-17(2)19-11-12-23-20(15-19)16-25-24(23)14-13-22(18(3)4)26(25)27(5,6)21-9-7-8-10-21;;;/h7-9,11-15H,1,3,10,16H2,2,4-6H3;2*1H;/q;;;+2/p-2. The van der Waals surface area contributed by atoms with Crippen LogP contribution in [0.25, 0.3) is 22.3 Å². The van der Waals surface area contributed by atoms with E-state index in [-0.39, 0.29) is 56.4 Å². The number of fused-ring (bicyclic) bond motifs is 3. The Morgan fingerprint density at radius 2 is 1.60 bits per heavy atom. The molecule has 4 rings (SSSR count). The molecule has 30 heavy (non-hydrogen) atoms. The SMILES string of the molecule is C=C(C)c1ccc2c(c1)Cc1c-2ccc(C(=C)C)c1C(C)(C)C1=CC=CC1.[Cl-].[Cl-].[Zr+2]. The molecule has 3 heteroatoms. The van der Waals surface area contributed by atoms with Gasteiger partial charge < -0.3 is 24.8 Å². The Hall–Kier alpha value is -1.14. The minimum absolute atomic E-state index is 0. The Labute approximate surface area is 213 Å². The minimum atomic E-state index is -0.0116. The van der Waals surface area contributed by atoms with E-state index >= 15 is 0 Å². The largest absolute Gasteiger partial charge is 2.00 e. The molecule has 2 aliphatic rings. The summed E-state index contributed by atoms with van der Waals surface area (Å²) in [7, 11) is 0. The van der Waals surface area contributed by atoms with Crippen molar-refractivity contribution in [3.63, 3.8) is 0 Å². The maximum absolute atomic E-state index is 4.29. The van der Waals surface area contributed by atoms with Crippen LogP contribution in [-0.2, 0) is 38.0 Å². The first-order valence-electron chi connectivity index (χ1n) is 9.78. The maximum atomic E-state index is 4.29. The molecule has 0 heterocycles. The van der Waals surface area contributed by atoms with E-state index in [0.717, 1.165) is 24.0 Å². The predicted molar refractivity (Wildman–Crippen MR) is 119 cm³/mol. The van der Waals surface area contributed by atoms with Gasteiger partial charge >= 0.3 is 26.2 Å². The number of hydrogen-bond acceptors (Lipinski definition) is 0. The van der Waals surface area contributed by atoms with Crippen LogP contribution in [0.15, 0.2) is 67.3 Å². The first kappa shape index (κ1) is 26.9. The monoisotopic (exact) mass is 512 g/mol. The zero-order chi connectivity index (χ0) is 19.3. The van der Waals surface area contributed by atoms with Crippen LogP contribution in [0, 0.1) is 0 Å². The van der Waals surface area contributed by atoms with Crippen LogP contribution in [0.5, 0.6) is 0 Å². The summed E-state index contributed by atoms with van der Waals surface area (Å²) in [5, 5.41) is 0. The molecule has 0 saturated carbocycles. The molecule has 154 valence electrons. The average Bonchev–Trinajstić information content (AvgIpc) is 3.27. The number of rotatable bonds is 4. The maximum Gasteiger partial charge on any atom is 2.00 e. The predicted octanol–water partition coefficient (Wildman–Crippen LogP) is 1.49. The van der Waals surface area contributed by atoms with Crippen LogP contribution in [0.1, 0.15) is 61.9 Å². The van der Waals surface area contributed by atoms with E-state index in [1.54, 1.807) is 0 Å². The van der Waals surface area contributed by atoms with Crippen molar-refractivity contribution < 1.29 is 51.0 Å². The van der Waals surface area contributed by atoms with Crippen molar-refractivity contribution in [2.75, 3.05) is 0 Å². The van der Waals surface area contributed by atoms with Crippen molar-refractivity contribution in [1.29, 1.82) is 0 Å². The molecule has 0 atom stereocenters. The van der Waals surface area contributed by atoms with Crippen LogP contribution < -0.4 is 24.8 Å². The molecule has 0 fully saturated rings. The second-order valence-corrected chi connectivity index (χ2v) is 8.57. The summed E-state index contributed by atoms with van der Waals surface area (Å²) in [4.78, 5) is 0. The molecule has 0 amide bonds. The molecule has 0 unspecified atom stereocenters. The molecule has 0 spiro atoms. The summed E-state index contributed by atoms with van der Waals surface area (Å²) in [6, 6.07) is 11.4. The summed E-state index contributed by atoms with van der Waals surface area (Å²) in [6.45, 7) is 17.4. The summed E-state index contributed by atoms with van der Waals surface area (Å²) in [5.41, 5.74) is 13.4. The molecule has 0 aliphatic heterocycles. The summed E-state index contributed by atoms with van der Waals surface area (Å²) in [5.74, 6) is 0. The van der Waals surface area contributed by atoms with Crippen molar-refractivity contribution in [3.05, 3.63) is 95.1 Å². The van der Waals surface area contributed by atoms with Crippen LogP contribution in [0.2, 0.25) is 0 Å². The smallest absolute Gasteiger partial charge is 1.00 e. The molecular formula is C27H28Cl2Zr. The van der Waals surface area contributed by atoms with Gasteiger partial charge in [-0.3, -0.25) is 0 Å². The van der Waals surface area contributed by atoms with E-state index < -0.39 is 0 Å². The second kappa shape index (κ2) is 9.99. The van der Waals surface area contributed by atoms with Gasteiger partial charge in [-0.25, -0.2) is 0 Å². The molecule has 0 N–H and O–H groups in total. The molecule has 0 saturated heterocycles. The van der Waals surface area contributed by atoms with E-state index in [2.05, 4.69) is 89.4 Å². The molecule has 2 aromatic carbocycles. The molecular weight excluding hydrogens is 486 g/mol. The van der Waals surface area contributed by atoms with Gasteiger partial charge in [0.25, 0.3) is 0 Å².